The van der Waals surface area contributed by atoms with Crippen LogP contribution in [0.4, 0.5) is 14.5 Å². The van der Waals surface area contributed by atoms with Crippen LogP contribution in [0.5, 0.6) is 0 Å². The second kappa shape index (κ2) is 7.00. The van der Waals surface area contributed by atoms with Crippen LogP contribution in [0.2, 0.25) is 0 Å². The Morgan fingerprint density at radius 3 is 2.82 bits per heavy atom. The predicted octanol–water partition coefficient (Wildman–Crippen LogP) is 2.29. The van der Waals surface area contributed by atoms with Gasteiger partial charge in [0.1, 0.15) is 0 Å². The minimum atomic E-state index is -0.984. The number of aryl methyl sites for hydroxylation is 1. The lowest BCUT2D eigenvalue weighted by atomic mass is 9.78. The zero-order valence-electron chi connectivity index (χ0n) is 15.7. The number of hydrogen-bond donors (Lipinski definition) is 0. The van der Waals surface area contributed by atoms with Crippen LogP contribution in [0.15, 0.2) is 30.6 Å². The van der Waals surface area contributed by atoms with E-state index in [9.17, 15) is 18.4 Å². The molecule has 1 aromatic heterocycles. The number of anilines is 1. The van der Waals surface area contributed by atoms with Crippen molar-refractivity contribution in [2.75, 3.05) is 24.5 Å². The normalized spacial score (nSPS) is 22.3. The number of rotatable bonds is 3. The number of carbonyl (C=O) groups is 2. The Hall–Kier alpha value is -2.77. The van der Waals surface area contributed by atoms with Crippen molar-refractivity contribution in [1.29, 1.82) is 0 Å². The highest BCUT2D eigenvalue weighted by molar-refractivity contribution is 6.00. The Morgan fingerprint density at radius 2 is 2.07 bits per heavy atom. The highest BCUT2D eigenvalue weighted by Crippen LogP contribution is 2.41. The summed E-state index contributed by atoms with van der Waals surface area (Å²) in [6, 6.07) is 3.84. The van der Waals surface area contributed by atoms with E-state index in [0.29, 0.717) is 32.5 Å². The largest absolute Gasteiger partial charge is 0.341 e. The Labute approximate surface area is 161 Å². The Bertz CT molecular complexity index is 929. The van der Waals surface area contributed by atoms with Gasteiger partial charge >= 0.3 is 0 Å². The van der Waals surface area contributed by atoms with E-state index in [2.05, 4.69) is 5.10 Å². The number of piperidine rings is 1. The van der Waals surface area contributed by atoms with E-state index < -0.39 is 17.0 Å². The van der Waals surface area contributed by atoms with Gasteiger partial charge in [-0.2, -0.15) is 5.10 Å². The predicted molar refractivity (Wildman–Crippen MR) is 98.5 cm³/mol. The van der Waals surface area contributed by atoms with Crippen LogP contribution >= 0.6 is 0 Å². The maximum Gasteiger partial charge on any atom is 0.235 e. The molecule has 3 heterocycles. The lowest BCUT2D eigenvalue weighted by molar-refractivity contribution is -0.138. The van der Waals surface area contributed by atoms with Crippen LogP contribution in [0, 0.1) is 17.0 Å². The number of likely N-dealkylation sites (tertiary alicyclic amines) is 1. The second-order valence-corrected chi connectivity index (χ2v) is 7.67. The number of halogens is 2. The Morgan fingerprint density at radius 1 is 1.25 bits per heavy atom. The molecule has 2 aliphatic heterocycles. The molecule has 6 nitrogen and oxygen atoms in total. The topological polar surface area (TPSA) is 58.4 Å². The van der Waals surface area contributed by atoms with Gasteiger partial charge in [0, 0.05) is 38.4 Å². The number of carbonyl (C=O) groups excluding carboxylic acids is 2. The molecule has 1 atom stereocenters. The summed E-state index contributed by atoms with van der Waals surface area (Å²) in [4.78, 5) is 29.2. The van der Waals surface area contributed by atoms with E-state index in [1.807, 2.05) is 0 Å². The summed E-state index contributed by atoms with van der Waals surface area (Å²) in [5.41, 5.74) is 0.193. The number of hydrogen-bond acceptors (Lipinski definition) is 3. The standard InChI is InChI=1S/C20H22F2N4O2/c1-24-12-15(11-23-24)26-9-7-20(19(26)28)6-3-8-25(13-20)17(27)10-14-4-2-5-16(21)18(14)22/h2,4-5,11-12H,3,6-10,13H2,1H3/t20-/m1/s1. The molecule has 2 fully saturated rings. The minimum Gasteiger partial charge on any atom is -0.341 e. The highest BCUT2D eigenvalue weighted by Gasteiger charge is 2.50. The van der Waals surface area contributed by atoms with Crippen LogP contribution in [-0.4, -0.2) is 46.1 Å². The second-order valence-electron chi connectivity index (χ2n) is 7.67. The van der Waals surface area contributed by atoms with Crippen LogP contribution in [-0.2, 0) is 23.1 Å². The van der Waals surface area contributed by atoms with E-state index in [-0.39, 0.29) is 23.8 Å². The van der Waals surface area contributed by atoms with Crippen molar-refractivity contribution in [1.82, 2.24) is 14.7 Å². The average Bonchev–Trinajstić information content (AvgIpc) is 3.23. The average molecular weight is 388 g/mol. The zero-order valence-corrected chi connectivity index (χ0v) is 15.7. The minimum absolute atomic E-state index is 0.00920. The quantitative estimate of drug-likeness (QED) is 0.811. The number of amides is 2. The van der Waals surface area contributed by atoms with Crippen LogP contribution in [0.1, 0.15) is 24.8 Å². The van der Waals surface area contributed by atoms with E-state index in [1.54, 1.807) is 33.9 Å². The number of benzene rings is 1. The Kier molecular flexibility index (Phi) is 4.64. The highest BCUT2D eigenvalue weighted by atomic mass is 19.2. The van der Waals surface area contributed by atoms with Crippen molar-refractivity contribution in [3.63, 3.8) is 0 Å². The lowest BCUT2D eigenvalue weighted by Gasteiger charge is -2.39. The third kappa shape index (κ3) is 3.16. The molecule has 2 aromatic rings. The molecule has 148 valence electrons. The van der Waals surface area contributed by atoms with Gasteiger partial charge in [0.25, 0.3) is 0 Å². The molecule has 1 spiro atoms. The third-order valence-electron chi connectivity index (χ3n) is 5.82. The monoisotopic (exact) mass is 388 g/mol. The van der Waals surface area contributed by atoms with Crippen molar-refractivity contribution in [2.24, 2.45) is 12.5 Å². The molecule has 0 bridgehead atoms. The smallest absolute Gasteiger partial charge is 0.235 e. The summed E-state index contributed by atoms with van der Waals surface area (Å²) < 4.78 is 29.0. The van der Waals surface area contributed by atoms with Crippen LogP contribution in [0.3, 0.4) is 0 Å². The van der Waals surface area contributed by atoms with Crippen LogP contribution < -0.4 is 4.90 Å². The van der Waals surface area contributed by atoms with E-state index >= 15 is 0 Å². The summed E-state index contributed by atoms with van der Waals surface area (Å²) in [5, 5.41) is 4.13. The molecule has 0 aliphatic carbocycles. The van der Waals surface area contributed by atoms with Crippen molar-refractivity contribution in [2.45, 2.75) is 25.7 Å². The van der Waals surface area contributed by atoms with E-state index in [4.69, 9.17) is 0 Å². The van der Waals surface area contributed by atoms with Gasteiger partial charge < -0.3 is 9.80 Å². The van der Waals surface area contributed by atoms with Crippen molar-refractivity contribution in [3.05, 3.63) is 47.8 Å². The molecular weight excluding hydrogens is 366 g/mol. The first-order valence-electron chi connectivity index (χ1n) is 9.41. The molecule has 0 saturated carbocycles. The van der Waals surface area contributed by atoms with Crippen molar-refractivity contribution in [3.8, 4) is 0 Å². The fraction of sp³-hybridized carbons (Fsp3) is 0.450. The number of nitrogens with zero attached hydrogens (tertiary/aromatic N) is 4. The SMILES string of the molecule is Cn1cc(N2CC[C@@]3(CCCN(C(=O)Cc4cccc(F)c4F)C3)C2=O)cn1. The molecule has 0 N–H and O–H groups in total. The van der Waals surface area contributed by atoms with Gasteiger partial charge in [0.05, 0.1) is 23.7 Å². The molecule has 1 aromatic carbocycles. The molecule has 2 saturated heterocycles. The molecule has 2 aliphatic rings. The zero-order chi connectivity index (χ0) is 19.9. The molecule has 8 heteroatoms. The molecule has 4 rings (SSSR count). The fourth-order valence-corrected chi connectivity index (χ4v) is 4.30. The summed E-state index contributed by atoms with van der Waals surface area (Å²) in [5.74, 6) is -2.22. The third-order valence-corrected chi connectivity index (χ3v) is 5.82. The van der Waals surface area contributed by atoms with Gasteiger partial charge in [0.2, 0.25) is 11.8 Å². The summed E-state index contributed by atoms with van der Waals surface area (Å²) in [7, 11) is 1.80. The van der Waals surface area contributed by atoms with Gasteiger partial charge in [-0.15, -0.1) is 0 Å². The molecule has 0 radical (unpaired) electrons. The molecule has 0 unspecified atom stereocenters. The summed E-state index contributed by atoms with van der Waals surface area (Å²) in [6.07, 6.45) is 5.36. The fourth-order valence-electron chi connectivity index (χ4n) is 4.30. The molecule has 28 heavy (non-hydrogen) atoms. The van der Waals surface area contributed by atoms with E-state index in [0.717, 1.165) is 18.2 Å². The van der Waals surface area contributed by atoms with Gasteiger partial charge in [-0.25, -0.2) is 8.78 Å². The summed E-state index contributed by atoms with van der Waals surface area (Å²) >= 11 is 0. The number of aromatic nitrogens is 2. The van der Waals surface area contributed by atoms with Gasteiger partial charge in [-0.05, 0) is 25.3 Å². The first-order chi connectivity index (χ1) is 13.4. The van der Waals surface area contributed by atoms with Gasteiger partial charge in [0.15, 0.2) is 11.6 Å². The maximum absolute atomic E-state index is 13.9. The van der Waals surface area contributed by atoms with Gasteiger partial charge in [-0.3, -0.25) is 14.3 Å². The van der Waals surface area contributed by atoms with Crippen molar-refractivity contribution < 1.29 is 18.4 Å². The first-order valence-corrected chi connectivity index (χ1v) is 9.41. The molecule has 2 amide bonds. The molecular formula is C20H22F2N4O2. The van der Waals surface area contributed by atoms with E-state index in [1.165, 1.54) is 12.1 Å². The maximum atomic E-state index is 13.9. The van der Waals surface area contributed by atoms with Gasteiger partial charge in [-0.1, -0.05) is 12.1 Å². The van der Waals surface area contributed by atoms with Crippen molar-refractivity contribution >= 4 is 17.5 Å². The summed E-state index contributed by atoms with van der Waals surface area (Å²) in [6.45, 7) is 1.43. The lowest BCUT2D eigenvalue weighted by Crippen LogP contribution is -2.50. The van der Waals surface area contributed by atoms with Crippen LogP contribution in [0.25, 0.3) is 0 Å². The first kappa shape index (κ1) is 18.6. The Balaban J connectivity index is 1.49.